The van der Waals surface area contributed by atoms with Gasteiger partial charge in [-0.2, -0.15) is 0 Å². The molecule has 3 aromatic rings. The Kier molecular flexibility index (Phi) is 6.97. The molecule has 0 radical (unpaired) electrons. The Morgan fingerprint density at radius 3 is 2.65 bits per heavy atom. The summed E-state index contributed by atoms with van der Waals surface area (Å²) in [6, 6.07) is 13.9. The van der Waals surface area contributed by atoms with E-state index < -0.39 is 5.82 Å². The van der Waals surface area contributed by atoms with Gasteiger partial charge in [-0.1, -0.05) is 41.9 Å². The number of rotatable bonds is 6. The number of nitrogens with zero attached hydrogens (tertiary/aromatic N) is 3. The van der Waals surface area contributed by atoms with Crippen molar-refractivity contribution in [1.29, 1.82) is 0 Å². The smallest absolute Gasteiger partial charge is 0.241 e. The maximum atomic E-state index is 13.2. The number of halogens is 2. The summed E-state index contributed by atoms with van der Waals surface area (Å²) in [4.78, 5) is 21.9. The average molecular weight is 459 g/mol. The minimum atomic E-state index is -0.428. The third-order valence-corrected chi connectivity index (χ3v) is 6.73. The second-order valence-corrected chi connectivity index (χ2v) is 8.88. The van der Waals surface area contributed by atoms with Crippen molar-refractivity contribution in [3.8, 4) is 10.6 Å². The lowest BCUT2D eigenvalue weighted by Crippen LogP contribution is -2.52. The van der Waals surface area contributed by atoms with Gasteiger partial charge in [-0.3, -0.25) is 14.6 Å². The van der Waals surface area contributed by atoms with Crippen LogP contribution in [0, 0.1) is 5.82 Å². The van der Waals surface area contributed by atoms with Gasteiger partial charge >= 0.3 is 0 Å². The Hall–Kier alpha value is -2.32. The van der Waals surface area contributed by atoms with E-state index in [2.05, 4.69) is 32.6 Å². The van der Waals surface area contributed by atoms with E-state index in [4.69, 9.17) is 16.6 Å². The third kappa shape index (κ3) is 5.49. The zero-order chi connectivity index (χ0) is 21.8. The van der Waals surface area contributed by atoms with Crippen LogP contribution in [0.3, 0.4) is 0 Å². The van der Waals surface area contributed by atoms with Crippen molar-refractivity contribution in [3.63, 3.8) is 0 Å². The molecular formula is C23H24ClFN4OS. The fraction of sp³-hybridized carbons (Fsp3) is 0.304. The first kappa shape index (κ1) is 21.9. The lowest BCUT2D eigenvalue weighted by molar-refractivity contribution is -0.121. The van der Waals surface area contributed by atoms with Gasteiger partial charge in [-0.25, -0.2) is 9.37 Å². The van der Waals surface area contributed by atoms with Gasteiger partial charge in [0.1, 0.15) is 10.8 Å². The van der Waals surface area contributed by atoms with Crippen molar-refractivity contribution in [3.05, 3.63) is 70.4 Å². The van der Waals surface area contributed by atoms with E-state index in [9.17, 15) is 9.18 Å². The van der Waals surface area contributed by atoms with Gasteiger partial charge in [0.25, 0.3) is 0 Å². The fourth-order valence-electron chi connectivity index (χ4n) is 3.62. The molecule has 5 nitrogen and oxygen atoms in total. The summed E-state index contributed by atoms with van der Waals surface area (Å²) >= 11 is 7.69. The Morgan fingerprint density at radius 2 is 1.94 bits per heavy atom. The zero-order valence-electron chi connectivity index (χ0n) is 17.2. The number of piperazine rings is 1. The molecule has 0 spiro atoms. The number of aromatic nitrogens is 1. The van der Waals surface area contributed by atoms with E-state index in [1.165, 1.54) is 18.2 Å². The van der Waals surface area contributed by atoms with Gasteiger partial charge in [0.15, 0.2) is 0 Å². The van der Waals surface area contributed by atoms with Crippen molar-refractivity contribution in [2.24, 2.45) is 0 Å². The predicted molar refractivity (Wildman–Crippen MR) is 124 cm³/mol. The number of amides is 1. The molecule has 1 fully saturated rings. The molecule has 1 aromatic heterocycles. The molecule has 1 atom stereocenters. The molecule has 162 valence electrons. The van der Waals surface area contributed by atoms with Crippen LogP contribution in [0.25, 0.3) is 10.6 Å². The number of hydrogen-bond acceptors (Lipinski definition) is 5. The Bertz CT molecular complexity index is 1040. The first-order valence-electron chi connectivity index (χ1n) is 10.2. The molecular weight excluding hydrogens is 435 g/mol. The molecule has 2 heterocycles. The van der Waals surface area contributed by atoms with E-state index in [0.29, 0.717) is 5.69 Å². The van der Waals surface area contributed by atoms with Crippen molar-refractivity contribution in [1.82, 2.24) is 14.8 Å². The molecule has 1 amide bonds. The minimum Gasteiger partial charge on any atom is -0.323 e. The van der Waals surface area contributed by atoms with Crippen LogP contribution >= 0.6 is 22.9 Å². The van der Waals surface area contributed by atoms with Crippen LogP contribution in [0.4, 0.5) is 10.1 Å². The second-order valence-electron chi connectivity index (χ2n) is 7.61. The molecule has 8 heteroatoms. The van der Waals surface area contributed by atoms with E-state index in [0.717, 1.165) is 49.0 Å². The second kappa shape index (κ2) is 9.87. The number of hydrogen-bond donors (Lipinski definition) is 1. The standard InChI is InChI=1S/C23H24ClFN4OS/c1-16(22(30)27-21-8-7-18(25)13-20(21)24)29-11-9-28(10-12-29)14-19-15-31-23(26-19)17-5-3-2-4-6-17/h2-8,13,15-16H,9-12,14H2,1H3,(H,27,30). The molecule has 1 saturated heterocycles. The van der Waals surface area contributed by atoms with Crippen LogP contribution in [0.2, 0.25) is 5.02 Å². The molecule has 0 bridgehead atoms. The van der Waals surface area contributed by atoms with Crippen LogP contribution in [0.5, 0.6) is 0 Å². The molecule has 2 aromatic carbocycles. The molecule has 31 heavy (non-hydrogen) atoms. The van der Waals surface area contributed by atoms with Crippen LogP contribution in [0.15, 0.2) is 53.9 Å². The van der Waals surface area contributed by atoms with E-state index in [-0.39, 0.29) is 17.0 Å². The summed E-state index contributed by atoms with van der Waals surface area (Å²) in [7, 11) is 0. The van der Waals surface area contributed by atoms with Crippen LogP contribution < -0.4 is 5.32 Å². The number of carbonyl (C=O) groups excluding carboxylic acids is 1. The van der Waals surface area contributed by atoms with Crippen LogP contribution in [-0.2, 0) is 11.3 Å². The van der Waals surface area contributed by atoms with Gasteiger partial charge in [0.2, 0.25) is 5.91 Å². The van der Waals surface area contributed by atoms with Gasteiger partial charge in [0.05, 0.1) is 22.4 Å². The van der Waals surface area contributed by atoms with Crippen molar-refractivity contribution in [2.45, 2.75) is 19.5 Å². The minimum absolute atomic E-state index is 0.144. The molecule has 1 aliphatic rings. The van der Waals surface area contributed by atoms with E-state index in [1.54, 1.807) is 11.3 Å². The SMILES string of the molecule is CC(C(=O)Nc1ccc(F)cc1Cl)N1CCN(Cc2csc(-c3ccccc3)n2)CC1. The number of anilines is 1. The van der Waals surface area contributed by atoms with Crippen LogP contribution in [-0.4, -0.2) is 52.9 Å². The fourth-order valence-corrected chi connectivity index (χ4v) is 4.66. The van der Waals surface area contributed by atoms with Crippen molar-refractivity contribution in [2.75, 3.05) is 31.5 Å². The lowest BCUT2D eigenvalue weighted by Gasteiger charge is -2.37. The first-order chi connectivity index (χ1) is 15.0. The van der Waals surface area contributed by atoms with Crippen molar-refractivity contribution >= 4 is 34.5 Å². The zero-order valence-corrected chi connectivity index (χ0v) is 18.8. The summed E-state index contributed by atoms with van der Waals surface area (Å²) in [6.07, 6.45) is 0. The predicted octanol–water partition coefficient (Wildman–Crippen LogP) is 4.75. The van der Waals surface area contributed by atoms with E-state index >= 15 is 0 Å². The maximum absolute atomic E-state index is 13.2. The Morgan fingerprint density at radius 1 is 1.19 bits per heavy atom. The Balaban J connectivity index is 1.28. The molecule has 0 aliphatic carbocycles. The summed E-state index contributed by atoms with van der Waals surface area (Å²) in [6.45, 7) is 6.01. The molecule has 0 saturated carbocycles. The topological polar surface area (TPSA) is 48.5 Å². The molecule has 1 aliphatic heterocycles. The summed E-state index contributed by atoms with van der Waals surface area (Å²) in [5, 5.41) is 6.16. The quantitative estimate of drug-likeness (QED) is 0.579. The van der Waals surface area contributed by atoms with Crippen LogP contribution in [0.1, 0.15) is 12.6 Å². The molecule has 4 rings (SSSR count). The number of carbonyl (C=O) groups is 1. The summed E-state index contributed by atoms with van der Waals surface area (Å²) in [5.41, 5.74) is 2.65. The highest BCUT2D eigenvalue weighted by atomic mass is 35.5. The van der Waals surface area contributed by atoms with Gasteiger partial charge < -0.3 is 5.32 Å². The Labute approximate surface area is 190 Å². The third-order valence-electron chi connectivity index (χ3n) is 5.48. The molecule has 1 N–H and O–H groups in total. The van der Waals surface area contributed by atoms with E-state index in [1.807, 2.05) is 25.1 Å². The number of benzene rings is 2. The lowest BCUT2D eigenvalue weighted by atomic mass is 10.2. The monoisotopic (exact) mass is 458 g/mol. The normalized spacial score (nSPS) is 16.2. The molecule has 1 unspecified atom stereocenters. The van der Waals surface area contributed by atoms with Gasteiger partial charge in [-0.05, 0) is 25.1 Å². The summed E-state index contributed by atoms with van der Waals surface area (Å²) < 4.78 is 13.2. The number of nitrogens with one attached hydrogen (secondary N) is 1. The van der Waals surface area contributed by atoms with Gasteiger partial charge in [0, 0.05) is 43.7 Å². The van der Waals surface area contributed by atoms with Crippen molar-refractivity contribution < 1.29 is 9.18 Å². The first-order valence-corrected chi connectivity index (χ1v) is 11.5. The largest absolute Gasteiger partial charge is 0.323 e. The number of thiazole rings is 1. The maximum Gasteiger partial charge on any atom is 0.241 e. The highest BCUT2D eigenvalue weighted by molar-refractivity contribution is 7.13. The highest BCUT2D eigenvalue weighted by Crippen LogP contribution is 2.25. The summed E-state index contributed by atoms with van der Waals surface area (Å²) in [5.74, 6) is -0.572. The average Bonchev–Trinajstić information content (AvgIpc) is 3.25. The highest BCUT2D eigenvalue weighted by Gasteiger charge is 2.26. The van der Waals surface area contributed by atoms with Gasteiger partial charge in [-0.15, -0.1) is 11.3 Å².